The molecule has 0 aromatic heterocycles. The Hall–Kier alpha value is -0.835. The monoisotopic (exact) mass is 273 g/mol. The molecule has 3 nitrogen and oxygen atoms in total. The molecule has 108 valence electrons. The highest BCUT2D eigenvalue weighted by atomic mass is 16.7. The standard InChI is InChI=1S/C16H24BNO2/c1-15(2)16(3,4)20-17(19-15)13-9-5-8-12-11(13)7-6-10-14(12)18/h5,8-9,14H,6-7,10,18H2,1-4H3/t14-/m1/s1. The van der Waals surface area contributed by atoms with Crippen molar-refractivity contribution in [3.05, 3.63) is 29.3 Å². The average molecular weight is 273 g/mol. The number of fused-ring (bicyclic) bond motifs is 1. The van der Waals surface area contributed by atoms with E-state index in [-0.39, 0.29) is 24.4 Å². The summed E-state index contributed by atoms with van der Waals surface area (Å²) >= 11 is 0. The predicted octanol–water partition coefficient (Wildman–Crippen LogP) is 2.32. The van der Waals surface area contributed by atoms with Gasteiger partial charge in [-0.3, -0.25) is 0 Å². The maximum atomic E-state index is 6.24. The lowest BCUT2D eigenvalue weighted by atomic mass is 9.71. The molecule has 0 amide bonds. The van der Waals surface area contributed by atoms with Gasteiger partial charge in [-0.15, -0.1) is 0 Å². The van der Waals surface area contributed by atoms with E-state index in [1.165, 1.54) is 11.1 Å². The smallest absolute Gasteiger partial charge is 0.399 e. The molecule has 3 rings (SSSR count). The molecule has 1 aliphatic heterocycles. The van der Waals surface area contributed by atoms with E-state index in [2.05, 4.69) is 45.9 Å². The Morgan fingerprint density at radius 1 is 1.15 bits per heavy atom. The van der Waals surface area contributed by atoms with Gasteiger partial charge in [-0.05, 0) is 63.5 Å². The average Bonchev–Trinajstić information content (AvgIpc) is 2.58. The Balaban J connectivity index is 1.99. The van der Waals surface area contributed by atoms with E-state index in [9.17, 15) is 0 Å². The van der Waals surface area contributed by atoms with Crippen LogP contribution in [0.2, 0.25) is 0 Å². The van der Waals surface area contributed by atoms with Crippen molar-refractivity contribution in [2.24, 2.45) is 5.73 Å². The molecular formula is C16H24BNO2. The molecule has 1 atom stereocenters. The van der Waals surface area contributed by atoms with E-state index in [0.717, 1.165) is 24.7 Å². The zero-order valence-corrected chi connectivity index (χ0v) is 12.9. The lowest BCUT2D eigenvalue weighted by Gasteiger charge is -2.32. The van der Waals surface area contributed by atoms with Gasteiger partial charge in [0.25, 0.3) is 0 Å². The van der Waals surface area contributed by atoms with Gasteiger partial charge in [0, 0.05) is 6.04 Å². The summed E-state index contributed by atoms with van der Waals surface area (Å²) in [5.74, 6) is 0. The largest absolute Gasteiger partial charge is 0.495 e. The summed E-state index contributed by atoms with van der Waals surface area (Å²) in [7, 11) is -0.278. The van der Waals surface area contributed by atoms with Crippen LogP contribution in [0, 0.1) is 0 Å². The SMILES string of the molecule is CC1(C)OB(c2cccc3c2CCC[C@H]3N)OC1(C)C. The summed E-state index contributed by atoms with van der Waals surface area (Å²) < 4.78 is 12.4. The Bertz CT molecular complexity index is 511. The molecule has 1 aromatic carbocycles. The summed E-state index contributed by atoms with van der Waals surface area (Å²) in [4.78, 5) is 0. The third kappa shape index (κ3) is 2.10. The fourth-order valence-electron chi connectivity index (χ4n) is 3.10. The topological polar surface area (TPSA) is 44.5 Å². The normalized spacial score (nSPS) is 27.4. The molecule has 20 heavy (non-hydrogen) atoms. The van der Waals surface area contributed by atoms with Gasteiger partial charge >= 0.3 is 7.12 Å². The van der Waals surface area contributed by atoms with Crippen molar-refractivity contribution in [1.82, 2.24) is 0 Å². The second-order valence-electron chi connectivity index (χ2n) is 7.00. The summed E-state index contributed by atoms with van der Waals surface area (Å²) in [5, 5.41) is 0. The zero-order chi connectivity index (χ0) is 14.5. The van der Waals surface area contributed by atoms with Crippen molar-refractivity contribution in [1.29, 1.82) is 0 Å². The minimum absolute atomic E-state index is 0.154. The van der Waals surface area contributed by atoms with Gasteiger partial charge in [0.05, 0.1) is 11.2 Å². The predicted molar refractivity (Wildman–Crippen MR) is 82.0 cm³/mol. The van der Waals surface area contributed by atoms with Gasteiger partial charge in [0.15, 0.2) is 0 Å². The number of rotatable bonds is 1. The Kier molecular flexibility index (Phi) is 3.24. The van der Waals surface area contributed by atoms with Gasteiger partial charge in [-0.2, -0.15) is 0 Å². The summed E-state index contributed by atoms with van der Waals surface area (Å²) in [6.07, 6.45) is 3.29. The number of hydrogen-bond acceptors (Lipinski definition) is 3. The zero-order valence-electron chi connectivity index (χ0n) is 12.9. The van der Waals surface area contributed by atoms with E-state index >= 15 is 0 Å². The molecule has 4 heteroatoms. The summed E-state index contributed by atoms with van der Waals surface area (Å²) in [5.41, 5.74) is 9.42. The van der Waals surface area contributed by atoms with Crippen LogP contribution in [0.3, 0.4) is 0 Å². The second-order valence-corrected chi connectivity index (χ2v) is 7.00. The van der Waals surface area contributed by atoms with Crippen LogP contribution in [0.25, 0.3) is 0 Å². The van der Waals surface area contributed by atoms with Crippen molar-refractivity contribution in [3.63, 3.8) is 0 Å². The first-order chi connectivity index (χ1) is 9.32. The molecule has 0 spiro atoms. The molecule has 1 saturated heterocycles. The molecule has 0 bridgehead atoms. The minimum Gasteiger partial charge on any atom is -0.399 e. The number of hydrogen-bond donors (Lipinski definition) is 1. The van der Waals surface area contributed by atoms with Crippen molar-refractivity contribution in [2.75, 3.05) is 0 Å². The van der Waals surface area contributed by atoms with Gasteiger partial charge in [-0.1, -0.05) is 18.2 Å². The summed E-state index contributed by atoms with van der Waals surface area (Å²) in [6, 6.07) is 6.50. The van der Waals surface area contributed by atoms with Crippen LogP contribution in [0.4, 0.5) is 0 Å². The van der Waals surface area contributed by atoms with Crippen LogP contribution in [0.15, 0.2) is 18.2 Å². The first-order valence-corrected chi connectivity index (χ1v) is 7.55. The van der Waals surface area contributed by atoms with Crippen LogP contribution < -0.4 is 11.2 Å². The highest BCUT2D eigenvalue weighted by Crippen LogP contribution is 2.37. The van der Waals surface area contributed by atoms with Crippen molar-refractivity contribution in [3.8, 4) is 0 Å². The first kappa shape index (κ1) is 14.1. The first-order valence-electron chi connectivity index (χ1n) is 7.55. The molecular weight excluding hydrogens is 249 g/mol. The molecule has 2 aliphatic rings. The van der Waals surface area contributed by atoms with E-state index in [0.29, 0.717) is 0 Å². The van der Waals surface area contributed by atoms with Crippen LogP contribution in [-0.4, -0.2) is 18.3 Å². The van der Waals surface area contributed by atoms with Crippen LogP contribution >= 0.6 is 0 Å². The number of benzene rings is 1. The molecule has 1 aromatic rings. The van der Waals surface area contributed by atoms with E-state index in [4.69, 9.17) is 15.0 Å². The maximum absolute atomic E-state index is 6.24. The third-order valence-corrected chi connectivity index (χ3v) is 5.10. The molecule has 1 fully saturated rings. The molecule has 1 aliphatic carbocycles. The fraction of sp³-hybridized carbons (Fsp3) is 0.625. The minimum atomic E-state index is -0.294. The van der Waals surface area contributed by atoms with Gasteiger partial charge in [0.1, 0.15) is 0 Å². The molecule has 0 radical (unpaired) electrons. The summed E-state index contributed by atoms with van der Waals surface area (Å²) in [6.45, 7) is 8.37. The van der Waals surface area contributed by atoms with Crippen molar-refractivity contribution < 1.29 is 9.31 Å². The van der Waals surface area contributed by atoms with Crippen LogP contribution in [-0.2, 0) is 15.7 Å². The lowest BCUT2D eigenvalue weighted by Crippen LogP contribution is -2.41. The lowest BCUT2D eigenvalue weighted by molar-refractivity contribution is 0.00578. The Morgan fingerprint density at radius 3 is 2.45 bits per heavy atom. The van der Waals surface area contributed by atoms with E-state index in [1.54, 1.807) is 0 Å². The molecule has 2 N–H and O–H groups in total. The quantitative estimate of drug-likeness (QED) is 0.799. The highest BCUT2D eigenvalue weighted by molar-refractivity contribution is 6.62. The Morgan fingerprint density at radius 2 is 1.80 bits per heavy atom. The van der Waals surface area contributed by atoms with E-state index in [1.807, 2.05) is 0 Å². The molecule has 0 unspecified atom stereocenters. The maximum Gasteiger partial charge on any atom is 0.495 e. The Labute approximate surface area is 122 Å². The fourth-order valence-corrected chi connectivity index (χ4v) is 3.10. The van der Waals surface area contributed by atoms with E-state index < -0.39 is 0 Å². The third-order valence-electron chi connectivity index (χ3n) is 5.10. The van der Waals surface area contributed by atoms with Crippen molar-refractivity contribution in [2.45, 2.75) is 64.2 Å². The number of nitrogens with two attached hydrogens (primary N) is 1. The highest BCUT2D eigenvalue weighted by Gasteiger charge is 2.52. The van der Waals surface area contributed by atoms with Crippen molar-refractivity contribution >= 4 is 12.6 Å². The van der Waals surface area contributed by atoms with Gasteiger partial charge in [-0.25, -0.2) is 0 Å². The second kappa shape index (κ2) is 4.59. The molecule has 0 saturated carbocycles. The molecule has 1 heterocycles. The van der Waals surface area contributed by atoms with Gasteiger partial charge < -0.3 is 15.0 Å². The van der Waals surface area contributed by atoms with Crippen LogP contribution in [0.1, 0.15) is 57.7 Å². The van der Waals surface area contributed by atoms with Gasteiger partial charge in [0.2, 0.25) is 0 Å². The van der Waals surface area contributed by atoms with Crippen LogP contribution in [0.5, 0.6) is 0 Å².